The maximum Gasteiger partial charge on any atom is 0.418 e. The zero-order valence-corrected chi connectivity index (χ0v) is 12.4. The van der Waals surface area contributed by atoms with Crippen LogP contribution in [0.4, 0.5) is 13.2 Å². The first-order valence-electron chi connectivity index (χ1n) is 6.59. The highest BCUT2D eigenvalue weighted by molar-refractivity contribution is 7.80. The van der Waals surface area contributed by atoms with Gasteiger partial charge in [0.25, 0.3) is 0 Å². The molecule has 3 nitrogen and oxygen atoms in total. The van der Waals surface area contributed by atoms with E-state index >= 15 is 0 Å². The van der Waals surface area contributed by atoms with E-state index in [0.717, 1.165) is 0 Å². The van der Waals surface area contributed by atoms with Crippen LogP contribution in [0.15, 0.2) is 35.9 Å². The van der Waals surface area contributed by atoms with Crippen LogP contribution in [0.1, 0.15) is 5.56 Å². The minimum absolute atomic E-state index is 0.0674. The fourth-order valence-electron chi connectivity index (χ4n) is 2.19. The van der Waals surface area contributed by atoms with Crippen LogP contribution in [0.25, 0.3) is 5.57 Å². The van der Waals surface area contributed by atoms with Gasteiger partial charge in [-0.1, -0.05) is 42.5 Å². The predicted octanol–water partition coefficient (Wildman–Crippen LogP) is 3.19. The molecule has 0 N–H and O–H groups in total. The van der Waals surface area contributed by atoms with E-state index in [0.29, 0.717) is 26.3 Å². The Bertz CT molecular complexity index is 614. The predicted molar refractivity (Wildman–Crippen MR) is 80.0 cm³/mol. The van der Waals surface area contributed by atoms with Crippen molar-refractivity contribution in [3.05, 3.63) is 41.5 Å². The van der Waals surface area contributed by atoms with Crippen molar-refractivity contribution >= 4 is 22.8 Å². The lowest BCUT2D eigenvalue weighted by molar-refractivity contribution is -0.0691. The summed E-state index contributed by atoms with van der Waals surface area (Å²) in [5.41, 5.74) is -1.58. The van der Waals surface area contributed by atoms with Crippen molar-refractivity contribution < 1.29 is 17.9 Å². The molecule has 0 saturated carbocycles. The van der Waals surface area contributed by atoms with Gasteiger partial charge in [0, 0.05) is 13.1 Å². The number of morpholine rings is 1. The van der Waals surface area contributed by atoms with E-state index < -0.39 is 17.3 Å². The summed E-state index contributed by atoms with van der Waals surface area (Å²) in [6.45, 7) is 1.52. The van der Waals surface area contributed by atoms with Gasteiger partial charge in [-0.3, -0.25) is 0 Å². The molecule has 2 rings (SSSR count). The number of halogens is 3. The number of allylic oxidation sites excluding steroid dienone is 1. The standard InChI is InChI=1S/C15H13F3N2OS/c16-15(17,18)13(11-4-2-1-3-5-11)12(10-19)14(22)20-6-8-21-9-7-20/h1-5H,6-9H2. The number of hydrogen-bond donors (Lipinski definition) is 0. The molecule has 1 aromatic rings. The van der Waals surface area contributed by atoms with Crippen molar-refractivity contribution in [1.82, 2.24) is 4.90 Å². The number of rotatable bonds is 2. The molecule has 0 aromatic heterocycles. The van der Waals surface area contributed by atoms with Crippen LogP contribution in [-0.4, -0.2) is 42.4 Å². The Morgan fingerprint density at radius 2 is 1.77 bits per heavy atom. The Morgan fingerprint density at radius 3 is 2.27 bits per heavy atom. The van der Waals surface area contributed by atoms with Crippen LogP contribution >= 0.6 is 12.2 Å². The summed E-state index contributed by atoms with van der Waals surface area (Å²) in [4.78, 5) is 1.49. The normalized spacial score (nSPS) is 16.7. The Balaban J connectivity index is 2.51. The minimum atomic E-state index is -4.66. The molecule has 116 valence electrons. The van der Waals surface area contributed by atoms with Gasteiger partial charge in [-0.15, -0.1) is 0 Å². The molecule has 0 radical (unpaired) electrons. The van der Waals surface area contributed by atoms with Gasteiger partial charge in [0.15, 0.2) is 0 Å². The summed E-state index contributed by atoms with van der Waals surface area (Å²) in [5, 5.41) is 9.27. The second kappa shape index (κ2) is 6.90. The Hall–Kier alpha value is -1.91. The Kier molecular flexibility index (Phi) is 5.16. The minimum Gasteiger partial charge on any atom is -0.378 e. The number of benzene rings is 1. The number of nitriles is 1. The average Bonchev–Trinajstić information content (AvgIpc) is 2.52. The van der Waals surface area contributed by atoms with Crippen molar-refractivity contribution in [2.45, 2.75) is 6.18 Å². The lowest BCUT2D eigenvalue weighted by Crippen LogP contribution is -2.41. The van der Waals surface area contributed by atoms with Crippen LogP contribution in [0.2, 0.25) is 0 Å². The molecule has 0 unspecified atom stereocenters. The van der Waals surface area contributed by atoms with E-state index in [-0.39, 0.29) is 10.6 Å². The highest BCUT2D eigenvalue weighted by Crippen LogP contribution is 2.37. The average molecular weight is 326 g/mol. The number of thiocarbonyl (C=S) groups is 1. The maximum atomic E-state index is 13.5. The maximum absolute atomic E-state index is 13.5. The second-order valence-electron chi connectivity index (χ2n) is 4.63. The smallest absolute Gasteiger partial charge is 0.378 e. The third kappa shape index (κ3) is 3.64. The van der Waals surface area contributed by atoms with Crippen LogP contribution in [-0.2, 0) is 4.74 Å². The summed E-state index contributed by atoms with van der Waals surface area (Å²) in [6.07, 6.45) is -4.66. The topological polar surface area (TPSA) is 36.3 Å². The van der Waals surface area contributed by atoms with Crippen molar-refractivity contribution in [3.8, 4) is 6.07 Å². The van der Waals surface area contributed by atoms with E-state index in [2.05, 4.69) is 0 Å². The van der Waals surface area contributed by atoms with Crippen molar-refractivity contribution in [2.75, 3.05) is 26.3 Å². The molecule has 22 heavy (non-hydrogen) atoms. The van der Waals surface area contributed by atoms with Gasteiger partial charge in [-0.25, -0.2) is 0 Å². The molecule has 1 heterocycles. The number of hydrogen-bond acceptors (Lipinski definition) is 3. The molecule has 7 heteroatoms. The van der Waals surface area contributed by atoms with Gasteiger partial charge in [-0.2, -0.15) is 18.4 Å². The van der Waals surface area contributed by atoms with Gasteiger partial charge < -0.3 is 9.64 Å². The van der Waals surface area contributed by atoms with Crippen LogP contribution in [0.3, 0.4) is 0 Å². The van der Waals surface area contributed by atoms with Gasteiger partial charge >= 0.3 is 6.18 Å². The molecular formula is C15H13F3N2OS. The molecule has 0 atom stereocenters. The third-order valence-electron chi connectivity index (χ3n) is 3.22. The quantitative estimate of drug-likeness (QED) is 0.475. The monoisotopic (exact) mass is 326 g/mol. The van der Waals surface area contributed by atoms with Crippen LogP contribution < -0.4 is 0 Å². The lowest BCUT2D eigenvalue weighted by Gasteiger charge is -2.29. The summed E-state index contributed by atoms with van der Waals surface area (Å²) in [5.74, 6) is 0. The van der Waals surface area contributed by atoms with Gasteiger partial charge in [0.1, 0.15) is 11.1 Å². The van der Waals surface area contributed by atoms with E-state index in [1.807, 2.05) is 0 Å². The number of ether oxygens (including phenoxy) is 1. The number of alkyl halides is 3. The third-order valence-corrected chi connectivity index (χ3v) is 3.68. The summed E-state index contributed by atoms with van der Waals surface area (Å²) < 4.78 is 45.5. The molecule has 1 aliphatic rings. The first kappa shape index (κ1) is 16.5. The fourth-order valence-corrected chi connectivity index (χ4v) is 2.52. The van der Waals surface area contributed by atoms with Crippen molar-refractivity contribution in [1.29, 1.82) is 5.26 Å². The molecule has 1 saturated heterocycles. The summed E-state index contributed by atoms with van der Waals surface area (Å²) in [7, 11) is 0. The van der Waals surface area contributed by atoms with E-state index in [9.17, 15) is 18.4 Å². The molecule has 0 spiro atoms. The van der Waals surface area contributed by atoms with Crippen LogP contribution in [0, 0.1) is 11.3 Å². The first-order valence-corrected chi connectivity index (χ1v) is 7.00. The van der Waals surface area contributed by atoms with Gasteiger partial charge in [0.2, 0.25) is 0 Å². The molecular weight excluding hydrogens is 313 g/mol. The summed E-state index contributed by atoms with van der Waals surface area (Å²) >= 11 is 5.13. The van der Waals surface area contributed by atoms with E-state index in [4.69, 9.17) is 17.0 Å². The largest absolute Gasteiger partial charge is 0.418 e. The first-order chi connectivity index (χ1) is 10.4. The Morgan fingerprint density at radius 1 is 1.18 bits per heavy atom. The molecule has 1 aliphatic heterocycles. The zero-order valence-electron chi connectivity index (χ0n) is 11.6. The Labute approximate surface area is 131 Å². The zero-order chi connectivity index (χ0) is 16.2. The lowest BCUT2D eigenvalue weighted by atomic mass is 9.99. The molecule has 0 aliphatic carbocycles. The highest BCUT2D eigenvalue weighted by atomic mass is 32.1. The van der Waals surface area contributed by atoms with E-state index in [1.165, 1.54) is 24.3 Å². The molecule has 1 aromatic carbocycles. The van der Waals surface area contributed by atoms with Crippen LogP contribution in [0.5, 0.6) is 0 Å². The summed E-state index contributed by atoms with van der Waals surface area (Å²) in [6, 6.07) is 8.89. The van der Waals surface area contributed by atoms with E-state index in [1.54, 1.807) is 17.0 Å². The second-order valence-corrected chi connectivity index (χ2v) is 5.02. The SMILES string of the molecule is N#CC(C(=S)N1CCOCC1)=C(c1ccccc1)C(F)(F)F. The highest BCUT2D eigenvalue weighted by Gasteiger charge is 2.39. The van der Waals surface area contributed by atoms with Crippen molar-refractivity contribution in [2.24, 2.45) is 0 Å². The van der Waals surface area contributed by atoms with Gasteiger partial charge in [0.05, 0.1) is 24.4 Å². The van der Waals surface area contributed by atoms with Crippen molar-refractivity contribution in [3.63, 3.8) is 0 Å². The number of nitrogens with zero attached hydrogens (tertiary/aromatic N) is 2. The molecule has 1 fully saturated rings. The van der Waals surface area contributed by atoms with Gasteiger partial charge in [-0.05, 0) is 5.56 Å². The molecule has 0 bridgehead atoms. The molecule has 0 amide bonds. The fraction of sp³-hybridized carbons (Fsp3) is 0.333.